The fourth-order valence-electron chi connectivity index (χ4n) is 5.15. The average Bonchev–Trinajstić information content (AvgIpc) is 2.88. The van der Waals surface area contributed by atoms with Gasteiger partial charge in [0, 0.05) is 18.2 Å². The predicted molar refractivity (Wildman–Crippen MR) is 145 cm³/mol. The van der Waals surface area contributed by atoms with E-state index in [9.17, 15) is 10.2 Å². The molecule has 1 atom stereocenters. The summed E-state index contributed by atoms with van der Waals surface area (Å²) in [6.07, 6.45) is 10.1. The van der Waals surface area contributed by atoms with Crippen molar-refractivity contribution in [2.75, 3.05) is 45.2 Å². The van der Waals surface area contributed by atoms with E-state index in [-0.39, 0.29) is 11.5 Å². The van der Waals surface area contributed by atoms with Gasteiger partial charge in [-0.2, -0.15) is 0 Å². The third-order valence-electron chi connectivity index (χ3n) is 7.07. The summed E-state index contributed by atoms with van der Waals surface area (Å²) in [5.74, 6) is 0.988. The number of unbranched alkanes of at least 4 members (excludes halogenated alkanes) is 3. The van der Waals surface area contributed by atoms with Crippen molar-refractivity contribution in [1.82, 2.24) is 10.2 Å². The number of nitrogens with zero attached hydrogens (tertiary/aromatic N) is 1. The molecule has 1 aliphatic carbocycles. The number of fused-ring (bicyclic) bond motifs is 1. The molecule has 0 aromatic heterocycles. The van der Waals surface area contributed by atoms with Crippen LogP contribution in [0.25, 0.3) is 0 Å². The molecule has 0 aliphatic heterocycles. The summed E-state index contributed by atoms with van der Waals surface area (Å²) in [5.41, 5.74) is 3.20. The van der Waals surface area contributed by atoms with Gasteiger partial charge < -0.3 is 30.5 Å². The maximum atomic E-state index is 10.2. The van der Waals surface area contributed by atoms with Crippen LogP contribution in [0.15, 0.2) is 36.4 Å². The molecule has 2 aromatic rings. The predicted octanol–water partition coefficient (Wildman–Crippen LogP) is 5.33. The van der Waals surface area contributed by atoms with Gasteiger partial charge in [-0.1, -0.05) is 38.0 Å². The first-order valence-electron chi connectivity index (χ1n) is 13.5. The molecule has 35 heavy (non-hydrogen) atoms. The summed E-state index contributed by atoms with van der Waals surface area (Å²) in [5, 5.41) is 27.0. The monoisotopic (exact) mass is 483 g/mol. The smallest absolute Gasteiger partial charge is 0.160 e. The summed E-state index contributed by atoms with van der Waals surface area (Å²) < 4.78 is 5.37. The van der Waals surface area contributed by atoms with Gasteiger partial charge >= 0.3 is 0 Å². The Hall–Kier alpha value is -2.44. The van der Waals surface area contributed by atoms with Crippen LogP contribution in [0, 0.1) is 0 Å². The molecule has 0 saturated heterocycles. The van der Waals surface area contributed by atoms with Crippen molar-refractivity contribution in [2.45, 2.75) is 70.8 Å². The molecule has 6 nitrogen and oxygen atoms in total. The largest absolute Gasteiger partial charge is 0.504 e. The molecule has 0 bridgehead atoms. The second kappa shape index (κ2) is 14.8. The van der Waals surface area contributed by atoms with E-state index >= 15 is 0 Å². The van der Waals surface area contributed by atoms with Gasteiger partial charge in [0.25, 0.3) is 0 Å². The van der Waals surface area contributed by atoms with Crippen LogP contribution >= 0.6 is 0 Å². The van der Waals surface area contributed by atoms with Crippen LogP contribution in [0.1, 0.15) is 63.0 Å². The van der Waals surface area contributed by atoms with Gasteiger partial charge in [0.1, 0.15) is 5.75 Å². The van der Waals surface area contributed by atoms with Gasteiger partial charge in [0.05, 0.1) is 12.8 Å². The van der Waals surface area contributed by atoms with Crippen molar-refractivity contribution in [1.29, 1.82) is 0 Å². The molecule has 0 unspecified atom stereocenters. The fraction of sp³-hybridized carbons (Fsp3) is 0.586. The molecule has 0 spiro atoms. The van der Waals surface area contributed by atoms with Crippen molar-refractivity contribution in [3.63, 3.8) is 0 Å². The first kappa shape index (κ1) is 27.2. The minimum Gasteiger partial charge on any atom is -0.504 e. The van der Waals surface area contributed by atoms with Crippen LogP contribution < -0.4 is 15.4 Å². The molecule has 0 radical (unpaired) electrons. The minimum atomic E-state index is 0.00613. The number of anilines is 1. The van der Waals surface area contributed by atoms with Crippen LogP contribution in [0.5, 0.6) is 17.2 Å². The molecule has 3 rings (SSSR count). The molecule has 6 heteroatoms. The summed E-state index contributed by atoms with van der Waals surface area (Å²) in [4.78, 5) is 2.65. The zero-order valence-corrected chi connectivity index (χ0v) is 21.7. The van der Waals surface area contributed by atoms with Crippen molar-refractivity contribution in [3.05, 3.63) is 47.5 Å². The Morgan fingerprint density at radius 3 is 2.57 bits per heavy atom. The zero-order chi connectivity index (χ0) is 24.9. The van der Waals surface area contributed by atoms with Gasteiger partial charge in [-0.3, -0.25) is 0 Å². The minimum absolute atomic E-state index is 0.00613. The van der Waals surface area contributed by atoms with Crippen LogP contribution in [-0.2, 0) is 12.8 Å². The van der Waals surface area contributed by atoms with Crippen LogP contribution in [0.2, 0.25) is 0 Å². The lowest BCUT2D eigenvalue weighted by Gasteiger charge is -2.35. The van der Waals surface area contributed by atoms with E-state index in [4.69, 9.17) is 4.74 Å². The van der Waals surface area contributed by atoms with Crippen molar-refractivity contribution in [3.8, 4) is 17.2 Å². The number of phenols is 2. The molecule has 1 aliphatic rings. The van der Waals surface area contributed by atoms with Gasteiger partial charge in [-0.05, 0) is 94.9 Å². The third-order valence-corrected chi connectivity index (χ3v) is 7.07. The highest BCUT2D eigenvalue weighted by Gasteiger charge is 2.26. The maximum Gasteiger partial charge on any atom is 0.160 e. The molecule has 0 amide bonds. The van der Waals surface area contributed by atoms with E-state index in [2.05, 4.69) is 28.5 Å². The number of phenolic OH excluding ortho intramolecular Hbond substituents is 2. The Morgan fingerprint density at radius 1 is 0.943 bits per heavy atom. The number of benzene rings is 2. The Morgan fingerprint density at radius 2 is 1.74 bits per heavy atom. The number of hydrogen-bond donors (Lipinski definition) is 4. The van der Waals surface area contributed by atoms with Crippen molar-refractivity contribution < 1.29 is 14.9 Å². The Bertz CT molecular complexity index is 889. The van der Waals surface area contributed by atoms with Gasteiger partial charge in [0.15, 0.2) is 11.5 Å². The molecular formula is C29H45N3O3. The van der Waals surface area contributed by atoms with Crippen molar-refractivity contribution in [2.24, 2.45) is 0 Å². The van der Waals surface area contributed by atoms with Gasteiger partial charge in [-0.25, -0.2) is 0 Å². The van der Waals surface area contributed by atoms with E-state index in [1.54, 1.807) is 13.2 Å². The molecule has 0 saturated carbocycles. The number of aromatic hydroxyl groups is 2. The van der Waals surface area contributed by atoms with Gasteiger partial charge in [-0.15, -0.1) is 0 Å². The molecule has 2 aromatic carbocycles. The highest BCUT2D eigenvalue weighted by Crippen LogP contribution is 2.36. The topological polar surface area (TPSA) is 77.0 Å². The molecular weight excluding hydrogens is 438 g/mol. The SMILES string of the molecule is CCCN(CCCCCCNCCCNc1ccccc1OC)[C@H]1CCc2c(ccc(O)c2O)C1. The van der Waals surface area contributed by atoms with E-state index in [1.165, 1.54) is 37.7 Å². The van der Waals surface area contributed by atoms with Crippen molar-refractivity contribution >= 4 is 5.69 Å². The third kappa shape index (κ3) is 8.32. The quantitative estimate of drug-likeness (QED) is 0.191. The number of hydrogen-bond acceptors (Lipinski definition) is 6. The molecule has 194 valence electrons. The van der Waals surface area contributed by atoms with Gasteiger partial charge in [0.2, 0.25) is 0 Å². The second-order valence-corrected chi connectivity index (χ2v) is 9.65. The lowest BCUT2D eigenvalue weighted by Crippen LogP contribution is -2.40. The zero-order valence-electron chi connectivity index (χ0n) is 21.7. The number of methoxy groups -OCH3 is 1. The summed E-state index contributed by atoms with van der Waals surface area (Å²) >= 11 is 0. The summed E-state index contributed by atoms with van der Waals surface area (Å²) in [6.45, 7) is 7.60. The highest BCUT2D eigenvalue weighted by atomic mass is 16.5. The number of rotatable bonds is 16. The molecule has 4 N–H and O–H groups in total. The normalized spacial score (nSPS) is 15.2. The second-order valence-electron chi connectivity index (χ2n) is 9.65. The average molecular weight is 484 g/mol. The number of para-hydroxylation sites is 2. The summed E-state index contributed by atoms with van der Waals surface area (Å²) in [6, 6.07) is 12.2. The molecule has 0 heterocycles. The van der Waals surface area contributed by atoms with E-state index < -0.39 is 0 Å². The fourth-order valence-corrected chi connectivity index (χ4v) is 5.15. The lowest BCUT2D eigenvalue weighted by atomic mass is 9.86. The van der Waals surface area contributed by atoms with E-state index in [0.29, 0.717) is 6.04 Å². The van der Waals surface area contributed by atoms with E-state index in [1.807, 2.05) is 24.3 Å². The standard InChI is InChI=1S/C29H45N3O3/c1-3-20-32(24-14-15-25-23(22-24)13-16-27(33)29(25)34)21-9-5-4-8-17-30-18-10-19-31-26-11-6-7-12-28(26)35-2/h6-7,11-13,16,24,30-31,33-34H,3-5,8-10,14-15,17-22H2,1-2H3/t24-/m0/s1. The lowest BCUT2D eigenvalue weighted by molar-refractivity contribution is 0.175. The van der Waals surface area contributed by atoms with Crippen LogP contribution in [0.3, 0.4) is 0 Å². The first-order valence-corrected chi connectivity index (χ1v) is 13.5. The Labute approximate surface area is 211 Å². The Kier molecular flexibility index (Phi) is 11.5. The van der Waals surface area contributed by atoms with Crippen LogP contribution in [0.4, 0.5) is 5.69 Å². The molecule has 0 fully saturated rings. The number of nitrogens with one attached hydrogen (secondary N) is 2. The highest BCUT2D eigenvalue weighted by molar-refractivity contribution is 5.56. The number of ether oxygens (including phenoxy) is 1. The van der Waals surface area contributed by atoms with Crippen LogP contribution in [-0.4, -0.2) is 61.0 Å². The Balaban J connectivity index is 1.25. The first-order chi connectivity index (χ1) is 17.1. The maximum absolute atomic E-state index is 10.2. The van der Waals surface area contributed by atoms with E-state index in [0.717, 1.165) is 75.4 Å². The summed E-state index contributed by atoms with van der Waals surface area (Å²) in [7, 11) is 1.71.